The number of rotatable bonds is 0. The van der Waals surface area contributed by atoms with E-state index in [4.69, 9.17) is 4.74 Å². The van der Waals surface area contributed by atoms with Crippen molar-refractivity contribution in [2.75, 3.05) is 18.6 Å². The van der Waals surface area contributed by atoms with Crippen LogP contribution < -0.4 is 4.90 Å². The summed E-state index contributed by atoms with van der Waals surface area (Å²) in [5.74, 6) is 0. The lowest BCUT2D eigenvalue weighted by Gasteiger charge is -2.25. The Hall–Kier alpha value is -1.06. The molecule has 1 saturated heterocycles. The van der Waals surface area contributed by atoms with E-state index in [0.29, 0.717) is 13.0 Å². The summed E-state index contributed by atoms with van der Waals surface area (Å²) >= 11 is 0. The molecule has 3 heteroatoms. The van der Waals surface area contributed by atoms with E-state index >= 15 is 0 Å². The Kier molecular flexibility index (Phi) is 1.47. The average Bonchev–Trinajstić information content (AvgIpc) is 2.67. The van der Waals surface area contributed by atoms with Crippen molar-refractivity contribution in [3.8, 4) is 0 Å². The predicted octanol–water partition coefficient (Wildman–Crippen LogP) is 1.07. The predicted molar refractivity (Wildman–Crippen MR) is 53.1 cm³/mol. The molecule has 0 aromatic heterocycles. The number of likely N-dealkylation sites (N-methyl/N-ethyl adjacent to an activating group) is 1. The molecule has 14 heavy (non-hydrogen) atoms. The smallest absolute Gasteiger partial charge is 0.163 e. The summed E-state index contributed by atoms with van der Waals surface area (Å²) in [6, 6.07) is 7.96. The highest BCUT2D eigenvalue weighted by atomic mass is 16.5. The van der Waals surface area contributed by atoms with E-state index in [0.717, 1.165) is 11.3 Å². The number of hydrogen-bond donors (Lipinski definition) is 1. The van der Waals surface area contributed by atoms with Crippen molar-refractivity contribution in [1.29, 1.82) is 0 Å². The van der Waals surface area contributed by atoms with E-state index in [-0.39, 0.29) is 6.23 Å². The van der Waals surface area contributed by atoms with Crippen LogP contribution in [0.1, 0.15) is 12.0 Å². The third-order valence-corrected chi connectivity index (χ3v) is 3.27. The van der Waals surface area contributed by atoms with Crippen molar-refractivity contribution >= 4 is 5.69 Å². The lowest BCUT2D eigenvalue weighted by Crippen LogP contribution is -2.39. The summed E-state index contributed by atoms with van der Waals surface area (Å²) in [6.07, 6.45) is 0.499. The molecular formula is C11H13NO2. The van der Waals surface area contributed by atoms with Gasteiger partial charge in [0, 0.05) is 24.7 Å². The second kappa shape index (κ2) is 2.49. The van der Waals surface area contributed by atoms with Gasteiger partial charge < -0.3 is 14.7 Å². The van der Waals surface area contributed by atoms with Crippen LogP contribution in [0, 0.1) is 0 Å². The summed E-state index contributed by atoms with van der Waals surface area (Å²) in [5, 5.41) is 10.5. The number of nitrogens with zero attached hydrogens (tertiary/aromatic N) is 1. The van der Waals surface area contributed by atoms with Crippen molar-refractivity contribution < 1.29 is 9.84 Å². The zero-order valence-electron chi connectivity index (χ0n) is 8.10. The lowest BCUT2D eigenvalue weighted by atomic mass is 9.93. The van der Waals surface area contributed by atoms with Gasteiger partial charge in [-0.25, -0.2) is 0 Å². The minimum atomic E-state index is -0.786. The Balaban J connectivity index is 2.21. The molecule has 3 rings (SSSR count). The van der Waals surface area contributed by atoms with E-state index in [1.165, 1.54) is 0 Å². The van der Waals surface area contributed by atoms with Crippen LogP contribution in [0.25, 0.3) is 0 Å². The van der Waals surface area contributed by atoms with Gasteiger partial charge in [-0.05, 0) is 6.07 Å². The number of ether oxygens (including phenoxy) is 1. The normalized spacial score (nSPS) is 34.4. The fourth-order valence-corrected chi connectivity index (χ4v) is 2.56. The topological polar surface area (TPSA) is 32.7 Å². The van der Waals surface area contributed by atoms with E-state index in [1.54, 1.807) is 0 Å². The van der Waals surface area contributed by atoms with Gasteiger partial charge in [-0.2, -0.15) is 0 Å². The second-order valence-corrected chi connectivity index (χ2v) is 4.03. The first-order valence-corrected chi connectivity index (χ1v) is 4.90. The Labute approximate surface area is 82.9 Å². The highest BCUT2D eigenvalue weighted by Gasteiger charge is 2.52. The van der Waals surface area contributed by atoms with Gasteiger partial charge in [-0.3, -0.25) is 0 Å². The standard InChI is InChI=1S/C11H13NO2/c1-12-9-5-3-2-4-8(9)11(13)6-7-14-10(11)12/h2-5,10,13H,6-7H2,1H3. The highest BCUT2D eigenvalue weighted by Crippen LogP contribution is 2.48. The van der Waals surface area contributed by atoms with Gasteiger partial charge in [0.1, 0.15) is 5.60 Å². The minimum absolute atomic E-state index is 0.195. The van der Waals surface area contributed by atoms with Crippen LogP contribution in [0.15, 0.2) is 24.3 Å². The molecule has 74 valence electrons. The van der Waals surface area contributed by atoms with Crippen molar-refractivity contribution in [1.82, 2.24) is 0 Å². The van der Waals surface area contributed by atoms with Crippen molar-refractivity contribution in [3.63, 3.8) is 0 Å². The van der Waals surface area contributed by atoms with Crippen LogP contribution in [0.4, 0.5) is 5.69 Å². The van der Waals surface area contributed by atoms with Crippen LogP contribution in [0.5, 0.6) is 0 Å². The third kappa shape index (κ3) is 0.792. The fraction of sp³-hybridized carbons (Fsp3) is 0.455. The van der Waals surface area contributed by atoms with Gasteiger partial charge in [0.25, 0.3) is 0 Å². The van der Waals surface area contributed by atoms with Crippen LogP contribution in [0.2, 0.25) is 0 Å². The maximum Gasteiger partial charge on any atom is 0.163 e. The van der Waals surface area contributed by atoms with E-state index in [1.807, 2.05) is 36.2 Å². The molecule has 2 aliphatic heterocycles. The Bertz CT molecular complexity index is 379. The van der Waals surface area contributed by atoms with Crippen LogP contribution >= 0.6 is 0 Å². The molecular weight excluding hydrogens is 178 g/mol. The molecule has 0 radical (unpaired) electrons. The van der Waals surface area contributed by atoms with Crippen molar-refractivity contribution in [2.45, 2.75) is 18.2 Å². The number of benzene rings is 1. The minimum Gasteiger partial charge on any atom is -0.380 e. The molecule has 0 amide bonds. The molecule has 0 spiro atoms. The van der Waals surface area contributed by atoms with Gasteiger partial charge in [-0.1, -0.05) is 18.2 Å². The zero-order chi connectivity index (χ0) is 9.76. The summed E-state index contributed by atoms with van der Waals surface area (Å²) in [4.78, 5) is 2.02. The quantitative estimate of drug-likeness (QED) is 0.665. The highest BCUT2D eigenvalue weighted by molar-refractivity contribution is 5.62. The fourth-order valence-electron chi connectivity index (χ4n) is 2.56. The Morgan fingerprint density at radius 2 is 2.29 bits per heavy atom. The number of anilines is 1. The number of para-hydroxylation sites is 1. The van der Waals surface area contributed by atoms with E-state index in [2.05, 4.69) is 0 Å². The van der Waals surface area contributed by atoms with Crippen LogP contribution in [0.3, 0.4) is 0 Å². The number of hydrogen-bond acceptors (Lipinski definition) is 3. The molecule has 2 atom stereocenters. The first-order valence-electron chi connectivity index (χ1n) is 4.90. The molecule has 0 aliphatic carbocycles. The number of aliphatic hydroxyl groups is 1. The Morgan fingerprint density at radius 3 is 3.14 bits per heavy atom. The molecule has 1 aromatic carbocycles. The average molecular weight is 191 g/mol. The third-order valence-electron chi connectivity index (χ3n) is 3.27. The summed E-state index contributed by atoms with van der Waals surface area (Å²) in [7, 11) is 1.97. The van der Waals surface area contributed by atoms with Gasteiger partial charge in [0.15, 0.2) is 6.23 Å². The summed E-state index contributed by atoms with van der Waals surface area (Å²) in [6.45, 7) is 0.639. The first-order chi connectivity index (χ1) is 6.73. The molecule has 2 aliphatic rings. The Morgan fingerprint density at radius 1 is 1.50 bits per heavy atom. The summed E-state index contributed by atoms with van der Waals surface area (Å²) < 4.78 is 5.55. The molecule has 2 heterocycles. The largest absolute Gasteiger partial charge is 0.380 e. The SMILES string of the molecule is CN1c2ccccc2C2(O)CCOC12. The number of fused-ring (bicyclic) bond motifs is 3. The van der Waals surface area contributed by atoms with Gasteiger partial charge in [0.2, 0.25) is 0 Å². The maximum absolute atomic E-state index is 10.5. The summed E-state index contributed by atoms with van der Waals surface area (Å²) in [5.41, 5.74) is 1.30. The molecule has 2 unspecified atom stereocenters. The van der Waals surface area contributed by atoms with Gasteiger partial charge in [-0.15, -0.1) is 0 Å². The van der Waals surface area contributed by atoms with Crippen LogP contribution in [-0.4, -0.2) is 25.0 Å². The second-order valence-electron chi connectivity index (χ2n) is 4.03. The van der Waals surface area contributed by atoms with Crippen molar-refractivity contribution in [3.05, 3.63) is 29.8 Å². The maximum atomic E-state index is 10.5. The molecule has 3 nitrogen and oxygen atoms in total. The van der Waals surface area contributed by atoms with Gasteiger partial charge >= 0.3 is 0 Å². The molecule has 1 fully saturated rings. The zero-order valence-corrected chi connectivity index (χ0v) is 8.10. The van der Waals surface area contributed by atoms with Crippen molar-refractivity contribution in [2.24, 2.45) is 0 Å². The molecule has 1 aromatic rings. The first kappa shape index (κ1) is 8.26. The van der Waals surface area contributed by atoms with E-state index < -0.39 is 5.60 Å². The lowest BCUT2D eigenvalue weighted by molar-refractivity contribution is -0.0285. The monoisotopic (exact) mass is 191 g/mol. The molecule has 0 bridgehead atoms. The van der Waals surface area contributed by atoms with E-state index in [9.17, 15) is 5.11 Å². The molecule has 0 saturated carbocycles. The van der Waals surface area contributed by atoms with Gasteiger partial charge in [0.05, 0.1) is 6.61 Å². The van der Waals surface area contributed by atoms with Crippen LogP contribution in [-0.2, 0) is 10.3 Å². The molecule has 1 N–H and O–H groups in total.